The number of hydrogen-bond donors (Lipinski definition) is 1. The van der Waals surface area contributed by atoms with E-state index in [9.17, 15) is 4.79 Å². The molecule has 0 saturated carbocycles. The number of esters is 1. The Morgan fingerprint density at radius 3 is 3.14 bits per heavy atom. The lowest BCUT2D eigenvalue weighted by molar-refractivity contribution is -0.140. The van der Waals surface area contributed by atoms with Gasteiger partial charge in [-0.3, -0.25) is 4.79 Å². The van der Waals surface area contributed by atoms with Gasteiger partial charge in [-0.1, -0.05) is 0 Å². The van der Waals surface area contributed by atoms with Crippen LogP contribution in [0.4, 0.5) is 0 Å². The normalized spacial score (nSPS) is 10.1. The van der Waals surface area contributed by atoms with Crippen LogP contribution in [0.5, 0.6) is 0 Å². The van der Waals surface area contributed by atoms with Crippen LogP contribution in [0.15, 0.2) is 5.38 Å². The van der Waals surface area contributed by atoms with E-state index in [1.165, 1.54) is 7.11 Å². The number of carbonyl (C=O) groups is 1. The van der Waals surface area contributed by atoms with Crippen molar-refractivity contribution in [3.05, 3.63) is 16.1 Å². The molecule has 78 valence electrons. The molecule has 0 unspecified atom stereocenters. The summed E-state index contributed by atoms with van der Waals surface area (Å²) >= 11 is 1.61. The van der Waals surface area contributed by atoms with E-state index in [-0.39, 0.29) is 5.97 Å². The third kappa shape index (κ3) is 3.43. The Morgan fingerprint density at radius 2 is 2.50 bits per heavy atom. The number of nitrogens with zero attached hydrogens (tertiary/aromatic N) is 1. The molecule has 14 heavy (non-hydrogen) atoms. The van der Waals surface area contributed by atoms with E-state index in [2.05, 4.69) is 15.0 Å². The maximum atomic E-state index is 10.9. The summed E-state index contributed by atoms with van der Waals surface area (Å²) in [6, 6.07) is 0. The van der Waals surface area contributed by atoms with Crippen LogP contribution in [0.2, 0.25) is 0 Å². The lowest BCUT2D eigenvalue weighted by Crippen LogP contribution is -2.05. The van der Waals surface area contributed by atoms with Crippen molar-refractivity contribution in [2.75, 3.05) is 14.2 Å². The van der Waals surface area contributed by atoms with Crippen LogP contribution in [0.3, 0.4) is 0 Å². The van der Waals surface area contributed by atoms with E-state index in [1.54, 1.807) is 11.3 Å². The van der Waals surface area contributed by atoms with Gasteiger partial charge < -0.3 is 10.1 Å². The zero-order valence-electron chi connectivity index (χ0n) is 8.37. The molecule has 5 heteroatoms. The van der Waals surface area contributed by atoms with Crippen LogP contribution in [-0.2, 0) is 22.5 Å². The number of methoxy groups -OCH3 is 1. The van der Waals surface area contributed by atoms with Crippen molar-refractivity contribution in [2.45, 2.75) is 19.4 Å². The number of aromatic nitrogens is 1. The summed E-state index contributed by atoms with van der Waals surface area (Å²) in [7, 11) is 3.28. The molecule has 1 rings (SSSR count). The van der Waals surface area contributed by atoms with E-state index < -0.39 is 0 Å². The second kappa shape index (κ2) is 5.72. The smallest absolute Gasteiger partial charge is 0.305 e. The van der Waals surface area contributed by atoms with Crippen LogP contribution in [0.25, 0.3) is 0 Å². The maximum Gasteiger partial charge on any atom is 0.305 e. The summed E-state index contributed by atoms with van der Waals surface area (Å²) in [4.78, 5) is 15.2. The summed E-state index contributed by atoms with van der Waals surface area (Å²) in [6.45, 7) is 0.781. The third-order valence-corrected chi connectivity index (χ3v) is 2.64. The minimum absolute atomic E-state index is 0.187. The third-order valence-electron chi connectivity index (χ3n) is 1.74. The quantitative estimate of drug-likeness (QED) is 0.742. The SMILES string of the molecule is CNCc1nc(CCC(=O)OC)cs1. The fourth-order valence-electron chi connectivity index (χ4n) is 1.03. The summed E-state index contributed by atoms with van der Waals surface area (Å²) < 4.78 is 4.55. The first-order valence-corrected chi connectivity index (χ1v) is 5.29. The van der Waals surface area contributed by atoms with E-state index in [1.807, 2.05) is 12.4 Å². The van der Waals surface area contributed by atoms with Crippen LogP contribution in [0.1, 0.15) is 17.1 Å². The first-order chi connectivity index (χ1) is 6.76. The molecule has 0 aliphatic heterocycles. The number of nitrogens with one attached hydrogen (secondary N) is 1. The number of ether oxygens (including phenoxy) is 1. The minimum Gasteiger partial charge on any atom is -0.469 e. The molecular formula is C9H14N2O2S. The Labute approximate surface area is 87.3 Å². The maximum absolute atomic E-state index is 10.9. The van der Waals surface area contributed by atoms with E-state index in [0.29, 0.717) is 12.8 Å². The van der Waals surface area contributed by atoms with Gasteiger partial charge >= 0.3 is 5.97 Å². The highest BCUT2D eigenvalue weighted by Gasteiger charge is 2.04. The fourth-order valence-corrected chi connectivity index (χ4v) is 1.87. The highest BCUT2D eigenvalue weighted by molar-refractivity contribution is 7.09. The number of aryl methyl sites for hydroxylation is 1. The van der Waals surface area contributed by atoms with Crippen LogP contribution in [0, 0.1) is 0 Å². The summed E-state index contributed by atoms with van der Waals surface area (Å²) in [5, 5.41) is 6.06. The van der Waals surface area contributed by atoms with Gasteiger partial charge in [0.1, 0.15) is 5.01 Å². The van der Waals surface area contributed by atoms with Gasteiger partial charge in [-0.25, -0.2) is 4.98 Å². The second-order valence-corrected chi connectivity index (χ2v) is 3.78. The highest BCUT2D eigenvalue weighted by atomic mass is 32.1. The Hall–Kier alpha value is -0.940. The molecular weight excluding hydrogens is 200 g/mol. The molecule has 0 amide bonds. The Kier molecular flexibility index (Phi) is 4.55. The van der Waals surface area contributed by atoms with Gasteiger partial charge in [-0.2, -0.15) is 0 Å². The molecule has 0 bridgehead atoms. The Morgan fingerprint density at radius 1 is 1.71 bits per heavy atom. The van der Waals surface area contributed by atoms with Crippen molar-refractivity contribution in [2.24, 2.45) is 0 Å². The lowest BCUT2D eigenvalue weighted by atomic mass is 10.2. The van der Waals surface area contributed by atoms with Crippen LogP contribution < -0.4 is 5.32 Å². The monoisotopic (exact) mass is 214 g/mol. The Balaban J connectivity index is 2.39. The van der Waals surface area contributed by atoms with Crippen molar-refractivity contribution >= 4 is 17.3 Å². The van der Waals surface area contributed by atoms with Gasteiger partial charge in [0.15, 0.2) is 0 Å². The van der Waals surface area contributed by atoms with Crippen molar-refractivity contribution in [3.63, 3.8) is 0 Å². The molecule has 1 aromatic rings. The molecule has 0 fully saturated rings. The number of carbonyl (C=O) groups excluding carboxylic acids is 1. The number of rotatable bonds is 5. The van der Waals surface area contributed by atoms with Gasteiger partial charge in [0, 0.05) is 18.3 Å². The lowest BCUT2D eigenvalue weighted by Gasteiger charge is -1.96. The van der Waals surface area contributed by atoms with Gasteiger partial charge in [0.05, 0.1) is 19.2 Å². The largest absolute Gasteiger partial charge is 0.469 e. The van der Waals surface area contributed by atoms with Crippen molar-refractivity contribution in [3.8, 4) is 0 Å². The van der Waals surface area contributed by atoms with Gasteiger partial charge in [-0.05, 0) is 7.05 Å². The van der Waals surface area contributed by atoms with E-state index in [0.717, 1.165) is 17.2 Å². The predicted molar refractivity (Wildman–Crippen MR) is 55.2 cm³/mol. The zero-order chi connectivity index (χ0) is 10.4. The minimum atomic E-state index is -0.187. The average Bonchev–Trinajstić information content (AvgIpc) is 2.63. The fraction of sp³-hybridized carbons (Fsp3) is 0.556. The summed E-state index contributed by atoms with van der Waals surface area (Å²) in [5.41, 5.74) is 0.964. The van der Waals surface area contributed by atoms with E-state index >= 15 is 0 Å². The average molecular weight is 214 g/mol. The second-order valence-electron chi connectivity index (χ2n) is 2.84. The number of thiazole rings is 1. The van der Waals surface area contributed by atoms with Crippen LogP contribution >= 0.6 is 11.3 Å². The molecule has 0 aliphatic carbocycles. The first kappa shape index (κ1) is 11.1. The molecule has 0 atom stereocenters. The highest BCUT2D eigenvalue weighted by Crippen LogP contribution is 2.11. The molecule has 0 aromatic carbocycles. The van der Waals surface area contributed by atoms with E-state index in [4.69, 9.17) is 0 Å². The van der Waals surface area contributed by atoms with Crippen molar-refractivity contribution in [1.29, 1.82) is 0 Å². The molecule has 0 radical (unpaired) electrons. The van der Waals surface area contributed by atoms with Crippen molar-refractivity contribution in [1.82, 2.24) is 10.3 Å². The molecule has 4 nitrogen and oxygen atoms in total. The van der Waals surface area contributed by atoms with Gasteiger partial charge in [0.25, 0.3) is 0 Å². The molecule has 0 saturated heterocycles. The topological polar surface area (TPSA) is 51.2 Å². The zero-order valence-corrected chi connectivity index (χ0v) is 9.19. The Bertz CT molecular complexity index is 299. The van der Waals surface area contributed by atoms with Gasteiger partial charge in [-0.15, -0.1) is 11.3 Å². The molecule has 0 spiro atoms. The molecule has 1 heterocycles. The predicted octanol–water partition coefficient (Wildman–Crippen LogP) is 0.968. The van der Waals surface area contributed by atoms with Crippen molar-refractivity contribution < 1.29 is 9.53 Å². The summed E-state index contributed by atoms with van der Waals surface area (Å²) in [5.74, 6) is -0.187. The summed E-state index contributed by atoms with van der Waals surface area (Å²) in [6.07, 6.45) is 1.06. The molecule has 1 N–H and O–H groups in total. The van der Waals surface area contributed by atoms with Gasteiger partial charge in [0.2, 0.25) is 0 Å². The standard InChI is InChI=1S/C9H14N2O2S/c1-10-5-8-11-7(6-14-8)3-4-9(12)13-2/h6,10H,3-5H2,1-2H3. The number of hydrogen-bond acceptors (Lipinski definition) is 5. The first-order valence-electron chi connectivity index (χ1n) is 4.41. The molecule has 1 aromatic heterocycles. The van der Waals surface area contributed by atoms with Crippen LogP contribution in [-0.4, -0.2) is 25.1 Å². The molecule has 0 aliphatic rings.